The molecule has 0 saturated heterocycles. The minimum absolute atomic E-state index is 0.00763. The second kappa shape index (κ2) is 8.21. The number of amides is 1. The fourth-order valence-corrected chi connectivity index (χ4v) is 1.79. The van der Waals surface area contributed by atoms with Gasteiger partial charge in [-0.1, -0.05) is 11.6 Å². The largest absolute Gasteiger partial charge is 0.417 e. The van der Waals surface area contributed by atoms with E-state index in [9.17, 15) is 18.0 Å². The molecule has 0 spiro atoms. The van der Waals surface area contributed by atoms with Gasteiger partial charge in [-0.05, 0) is 31.2 Å². The average molecular weight is 325 g/mol. The zero-order valence-electron chi connectivity index (χ0n) is 11.4. The molecule has 1 amide bonds. The lowest BCUT2D eigenvalue weighted by atomic mass is 10.2. The van der Waals surface area contributed by atoms with Gasteiger partial charge in [0.05, 0.1) is 17.1 Å². The molecule has 0 aliphatic heterocycles. The summed E-state index contributed by atoms with van der Waals surface area (Å²) in [5.41, 5.74) is -0.926. The third-order valence-corrected chi connectivity index (χ3v) is 2.87. The molecule has 0 fully saturated rings. The van der Waals surface area contributed by atoms with E-state index in [1.54, 1.807) is 7.11 Å². The molecule has 1 aromatic rings. The Balaban J connectivity index is 2.53. The number of anilines is 1. The van der Waals surface area contributed by atoms with Gasteiger partial charge in [-0.2, -0.15) is 13.2 Å². The molecule has 1 aromatic carbocycles. The van der Waals surface area contributed by atoms with Crippen molar-refractivity contribution in [3.63, 3.8) is 0 Å². The number of benzene rings is 1. The van der Waals surface area contributed by atoms with E-state index < -0.39 is 22.7 Å². The Hall–Kier alpha value is -1.31. The van der Waals surface area contributed by atoms with Crippen LogP contribution in [0, 0.1) is 0 Å². The van der Waals surface area contributed by atoms with Crippen LogP contribution in [0.4, 0.5) is 18.9 Å². The fraction of sp³-hybridized carbons (Fsp3) is 0.462. The highest BCUT2D eigenvalue weighted by Crippen LogP contribution is 2.36. The summed E-state index contributed by atoms with van der Waals surface area (Å²) in [6.07, 6.45) is -3.82. The smallest absolute Gasteiger partial charge is 0.385 e. The Morgan fingerprint density at radius 1 is 1.38 bits per heavy atom. The van der Waals surface area contributed by atoms with E-state index in [0.29, 0.717) is 13.2 Å². The normalized spacial score (nSPS) is 11.5. The van der Waals surface area contributed by atoms with Crippen LogP contribution in [-0.2, 0) is 15.7 Å². The van der Waals surface area contributed by atoms with Crippen molar-refractivity contribution in [3.05, 3.63) is 28.8 Å². The molecule has 1 rings (SSSR count). The quantitative estimate of drug-likeness (QED) is 0.758. The van der Waals surface area contributed by atoms with Gasteiger partial charge < -0.3 is 15.4 Å². The van der Waals surface area contributed by atoms with E-state index in [-0.39, 0.29) is 12.2 Å². The highest BCUT2D eigenvalue weighted by atomic mass is 35.5. The molecule has 0 aliphatic carbocycles. The standard InChI is InChI=1S/C13H16ClF3N2O2/c1-21-6-2-5-18-8-12(20)19-9-3-4-11(14)10(7-9)13(15,16)17/h3-4,7,18H,2,5-6,8H2,1H3,(H,19,20). The van der Waals surface area contributed by atoms with E-state index in [1.165, 1.54) is 6.07 Å². The van der Waals surface area contributed by atoms with E-state index in [4.69, 9.17) is 16.3 Å². The van der Waals surface area contributed by atoms with Crippen LogP contribution in [0.15, 0.2) is 18.2 Å². The van der Waals surface area contributed by atoms with Gasteiger partial charge in [0, 0.05) is 19.4 Å². The first-order valence-electron chi connectivity index (χ1n) is 6.21. The average Bonchev–Trinajstić information content (AvgIpc) is 2.39. The zero-order chi connectivity index (χ0) is 15.9. The van der Waals surface area contributed by atoms with Gasteiger partial charge in [-0.3, -0.25) is 4.79 Å². The van der Waals surface area contributed by atoms with Crippen molar-refractivity contribution in [1.82, 2.24) is 5.32 Å². The molecule has 0 atom stereocenters. The van der Waals surface area contributed by atoms with Crippen LogP contribution in [-0.4, -0.2) is 32.7 Å². The topological polar surface area (TPSA) is 50.4 Å². The minimum atomic E-state index is -4.56. The van der Waals surface area contributed by atoms with Crippen molar-refractivity contribution >= 4 is 23.2 Å². The monoisotopic (exact) mass is 324 g/mol. The Labute approximate surface area is 125 Å². The molecule has 0 aromatic heterocycles. The third-order valence-electron chi connectivity index (χ3n) is 2.54. The molecule has 0 heterocycles. The summed E-state index contributed by atoms with van der Waals surface area (Å²) in [5.74, 6) is -0.428. The van der Waals surface area contributed by atoms with Crippen LogP contribution >= 0.6 is 11.6 Å². The van der Waals surface area contributed by atoms with Crippen LogP contribution < -0.4 is 10.6 Å². The molecule has 8 heteroatoms. The molecule has 0 saturated carbocycles. The molecule has 0 bridgehead atoms. The fourth-order valence-electron chi connectivity index (χ4n) is 1.57. The van der Waals surface area contributed by atoms with Crippen LogP contribution in [0.3, 0.4) is 0 Å². The van der Waals surface area contributed by atoms with Crippen molar-refractivity contribution in [1.29, 1.82) is 0 Å². The molecule has 0 radical (unpaired) electrons. The van der Waals surface area contributed by atoms with Crippen LogP contribution in [0.1, 0.15) is 12.0 Å². The molecule has 2 N–H and O–H groups in total. The van der Waals surface area contributed by atoms with E-state index in [2.05, 4.69) is 10.6 Å². The van der Waals surface area contributed by atoms with Crippen molar-refractivity contribution in [3.8, 4) is 0 Å². The number of hydrogen-bond donors (Lipinski definition) is 2. The number of nitrogens with one attached hydrogen (secondary N) is 2. The minimum Gasteiger partial charge on any atom is -0.385 e. The number of methoxy groups -OCH3 is 1. The number of hydrogen-bond acceptors (Lipinski definition) is 3. The molecule has 0 unspecified atom stereocenters. The lowest BCUT2D eigenvalue weighted by molar-refractivity contribution is -0.137. The van der Waals surface area contributed by atoms with Gasteiger partial charge in [0.1, 0.15) is 0 Å². The maximum absolute atomic E-state index is 12.7. The number of rotatable bonds is 7. The number of alkyl halides is 3. The summed E-state index contributed by atoms with van der Waals surface area (Å²) in [7, 11) is 1.57. The van der Waals surface area contributed by atoms with E-state index >= 15 is 0 Å². The summed E-state index contributed by atoms with van der Waals surface area (Å²) < 4.78 is 42.8. The molecule has 0 aliphatic rings. The number of carbonyl (C=O) groups excluding carboxylic acids is 1. The first-order valence-corrected chi connectivity index (χ1v) is 6.58. The predicted octanol–water partition coefficient (Wildman–Crippen LogP) is 2.92. The van der Waals surface area contributed by atoms with Gasteiger partial charge >= 0.3 is 6.18 Å². The highest BCUT2D eigenvalue weighted by Gasteiger charge is 2.33. The van der Waals surface area contributed by atoms with Crippen LogP contribution in [0.2, 0.25) is 5.02 Å². The maximum Gasteiger partial charge on any atom is 0.417 e. The predicted molar refractivity (Wildman–Crippen MR) is 74.4 cm³/mol. The van der Waals surface area contributed by atoms with E-state index in [0.717, 1.165) is 18.6 Å². The molecule has 4 nitrogen and oxygen atoms in total. The Bertz CT molecular complexity index is 481. The second-order valence-electron chi connectivity index (χ2n) is 4.26. The van der Waals surface area contributed by atoms with Crippen molar-refractivity contribution < 1.29 is 22.7 Å². The van der Waals surface area contributed by atoms with Gasteiger partial charge in [0.25, 0.3) is 0 Å². The van der Waals surface area contributed by atoms with Gasteiger partial charge in [0.2, 0.25) is 5.91 Å². The maximum atomic E-state index is 12.7. The summed E-state index contributed by atoms with van der Waals surface area (Å²) in [5, 5.41) is 4.83. The van der Waals surface area contributed by atoms with Gasteiger partial charge in [-0.25, -0.2) is 0 Å². The Morgan fingerprint density at radius 3 is 2.71 bits per heavy atom. The van der Waals surface area contributed by atoms with Gasteiger partial charge in [0.15, 0.2) is 0 Å². The van der Waals surface area contributed by atoms with Crippen LogP contribution in [0.25, 0.3) is 0 Å². The summed E-state index contributed by atoms with van der Waals surface area (Å²) >= 11 is 5.49. The number of carbonyl (C=O) groups is 1. The summed E-state index contributed by atoms with van der Waals surface area (Å²) in [6, 6.07) is 3.23. The van der Waals surface area contributed by atoms with Crippen molar-refractivity contribution in [2.75, 3.05) is 32.1 Å². The first kappa shape index (κ1) is 17.7. The molecular formula is C13H16ClF3N2O2. The lowest BCUT2D eigenvalue weighted by Crippen LogP contribution is -2.29. The summed E-state index contributed by atoms with van der Waals surface area (Å²) in [6.45, 7) is 1.16. The lowest BCUT2D eigenvalue weighted by Gasteiger charge is -2.12. The Morgan fingerprint density at radius 2 is 2.10 bits per heavy atom. The van der Waals surface area contributed by atoms with Gasteiger partial charge in [-0.15, -0.1) is 0 Å². The third kappa shape index (κ3) is 6.33. The van der Waals surface area contributed by atoms with Crippen molar-refractivity contribution in [2.24, 2.45) is 0 Å². The summed E-state index contributed by atoms with van der Waals surface area (Å²) in [4.78, 5) is 11.6. The number of halogens is 4. The number of ether oxygens (including phenoxy) is 1. The molecule has 21 heavy (non-hydrogen) atoms. The molecule has 118 valence electrons. The van der Waals surface area contributed by atoms with Crippen LogP contribution in [0.5, 0.6) is 0 Å². The second-order valence-corrected chi connectivity index (χ2v) is 4.67. The highest BCUT2D eigenvalue weighted by molar-refractivity contribution is 6.31. The van der Waals surface area contributed by atoms with E-state index in [1.807, 2.05) is 0 Å². The SMILES string of the molecule is COCCCNCC(=O)Nc1ccc(Cl)c(C(F)(F)F)c1. The molecular weight excluding hydrogens is 309 g/mol. The Kier molecular flexibility index (Phi) is 6.94. The van der Waals surface area contributed by atoms with Crippen molar-refractivity contribution in [2.45, 2.75) is 12.6 Å². The zero-order valence-corrected chi connectivity index (χ0v) is 12.1. The first-order chi connectivity index (χ1) is 9.84.